The van der Waals surface area contributed by atoms with E-state index in [0.717, 1.165) is 61.4 Å². The van der Waals surface area contributed by atoms with Crippen molar-refractivity contribution in [1.82, 2.24) is 15.0 Å². The predicted octanol–water partition coefficient (Wildman–Crippen LogP) is 6.86. The van der Waals surface area contributed by atoms with Gasteiger partial charge in [0.1, 0.15) is 11.5 Å². The van der Waals surface area contributed by atoms with E-state index in [1.54, 1.807) is 6.08 Å². The van der Waals surface area contributed by atoms with Crippen LogP contribution in [0.2, 0.25) is 0 Å². The van der Waals surface area contributed by atoms with Crippen LogP contribution in [-0.2, 0) is 4.79 Å². The second-order valence-electron chi connectivity index (χ2n) is 9.11. The van der Waals surface area contributed by atoms with Crippen molar-refractivity contribution in [2.75, 3.05) is 5.43 Å². The molecule has 0 saturated heterocycles. The second-order valence-corrected chi connectivity index (χ2v) is 9.11. The first-order chi connectivity index (χ1) is 18.7. The normalized spacial score (nSPS) is 13.8. The van der Waals surface area contributed by atoms with Gasteiger partial charge in [0.2, 0.25) is 5.78 Å². The van der Waals surface area contributed by atoms with Crippen molar-refractivity contribution in [3.8, 4) is 22.6 Å². The van der Waals surface area contributed by atoms with Crippen molar-refractivity contribution in [2.45, 2.75) is 0 Å². The molecule has 1 aliphatic carbocycles. The van der Waals surface area contributed by atoms with Gasteiger partial charge in [0.05, 0.1) is 27.9 Å². The van der Waals surface area contributed by atoms with Gasteiger partial charge in [0.25, 0.3) is 0 Å². The molecule has 6 aromatic rings. The number of hydrazone groups is 1. The Morgan fingerprint density at radius 2 is 1.47 bits per heavy atom. The molecule has 2 aromatic heterocycles. The Bertz CT molecular complexity index is 1880. The van der Waals surface area contributed by atoms with E-state index in [1.165, 1.54) is 0 Å². The summed E-state index contributed by atoms with van der Waals surface area (Å²) in [7, 11) is 0. The molecule has 2 heterocycles. The number of hydrogen-bond donors (Lipinski definition) is 2. The van der Waals surface area contributed by atoms with Gasteiger partial charge in [-0.3, -0.25) is 10.2 Å². The molecule has 180 valence electrons. The van der Waals surface area contributed by atoms with Gasteiger partial charge in [-0.25, -0.2) is 9.97 Å². The number of nitrogens with one attached hydrogen (secondary N) is 2. The lowest BCUT2D eigenvalue weighted by atomic mass is 9.95. The number of pyridine rings is 1. The number of hydrogen-bond acceptors (Lipinski definition) is 5. The smallest absolute Gasteiger partial charge is 0.206 e. The van der Waals surface area contributed by atoms with Crippen molar-refractivity contribution in [2.24, 2.45) is 5.10 Å². The monoisotopic (exact) mass is 491 g/mol. The number of H-pyrrole nitrogens is 1. The van der Waals surface area contributed by atoms with Gasteiger partial charge in [-0.1, -0.05) is 72.8 Å². The summed E-state index contributed by atoms with van der Waals surface area (Å²) in [5, 5.41) is 5.47. The van der Waals surface area contributed by atoms with Gasteiger partial charge >= 0.3 is 0 Å². The third-order valence-corrected chi connectivity index (χ3v) is 6.70. The first-order valence-corrected chi connectivity index (χ1v) is 12.3. The molecule has 0 spiro atoms. The zero-order chi connectivity index (χ0) is 25.5. The Labute approximate surface area is 218 Å². The number of benzene rings is 4. The Morgan fingerprint density at radius 3 is 2.34 bits per heavy atom. The Kier molecular flexibility index (Phi) is 5.15. The van der Waals surface area contributed by atoms with Crippen molar-refractivity contribution < 1.29 is 4.79 Å². The van der Waals surface area contributed by atoms with Crippen LogP contribution in [0.4, 0.5) is 5.69 Å². The van der Waals surface area contributed by atoms with Crippen LogP contribution < -0.4 is 5.43 Å². The van der Waals surface area contributed by atoms with E-state index in [1.807, 2.05) is 97.1 Å². The summed E-state index contributed by atoms with van der Waals surface area (Å²) in [6, 6.07) is 33.8. The lowest BCUT2D eigenvalue weighted by molar-refractivity contribution is -0.108. The van der Waals surface area contributed by atoms with Crippen LogP contribution >= 0.6 is 0 Å². The molecule has 0 atom stereocenters. The minimum Gasteiger partial charge on any atom is -0.338 e. The van der Waals surface area contributed by atoms with Gasteiger partial charge in [-0.15, -0.1) is 0 Å². The average molecular weight is 492 g/mol. The van der Waals surface area contributed by atoms with Gasteiger partial charge in [-0.05, 0) is 48.0 Å². The van der Waals surface area contributed by atoms with Crippen LogP contribution in [0.15, 0.2) is 114 Å². The van der Waals surface area contributed by atoms with Crippen molar-refractivity contribution in [3.63, 3.8) is 0 Å². The highest BCUT2D eigenvalue weighted by atomic mass is 16.1. The highest BCUT2D eigenvalue weighted by molar-refractivity contribution is 6.52. The summed E-state index contributed by atoms with van der Waals surface area (Å²) in [5.74, 6) is 0.693. The van der Waals surface area contributed by atoms with Crippen LogP contribution in [-0.4, -0.2) is 26.4 Å². The van der Waals surface area contributed by atoms with Crippen molar-refractivity contribution >= 4 is 45.2 Å². The zero-order valence-electron chi connectivity index (χ0n) is 20.2. The summed E-state index contributed by atoms with van der Waals surface area (Å²) in [4.78, 5) is 25.7. The number of para-hydroxylation sites is 3. The third-order valence-electron chi connectivity index (χ3n) is 6.70. The van der Waals surface area contributed by atoms with Gasteiger partial charge < -0.3 is 4.98 Å². The molecule has 0 fully saturated rings. The minimum absolute atomic E-state index is 0.119. The first kappa shape index (κ1) is 21.9. The number of allylic oxidation sites excluding steroid dienone is 1. The lowest BCUT2D eigenvalue weighted by Gasteiger charge is -2.12. The number of imidazole rings is 1. The van der Waals surface area contributed by atoms with E-state index >= 15 is 0 Å². The predicted molar refractivity (Wildman–Crippen MR) is 153 cm³/mol. The zero-order valence-corrected chi connectivity index (χ0v) is 20.2. The van der Waals surface area contributed by atoms with Crippen LogP contribution in [0.3, 0.4) is 0 Å². The maximum Gasteiger partial charge on any atom is 0.206 e. The molecule has 6 nitrogen and oxygen atoms in total. The van der Waals surface area contributed by atoms with E-state index in [-0.39, 0.29) is 5.78 Å². The number of carbonyl (C=O) groups is 1. The fourth-order valence-corrected chi connectivity index (χ4v) is 4.79. The molecule has 7 rings (SSSR count). The summed E-state index contributed by atoms with van der Waals surface area (Å²) >= 11 is 0. The molecular weight excluding hydrogens is 470 g/mol. The topological polar surface area (TPSA) is 83.0 Å². The molecule has 0 bridgehead atoms. The van der Waals surface area contributed by atoms with Gasteiger partial charge in [-0.2, -0.15) is 5.10 Å². The van der Waals surface area contributed by atoms with Crippen LogP contribution in [0, 0.1) is 0 Å². The molecule has 0 amide bonds. The van der Waals surface area contributed by atoms with E-state index in [4.69, 9.17) is 9.97 Å². The molecule has 0 aliphatic heterocycles. The highest BCUT2D eigenvalue weighted by Gasteiger charge is 2.18. The fourth-order valence-electron chi connectivity index (χ4n) is 4.79. The van der Waals surface area contributed by atoms with Gasteiger partial charge in [0, 0.05) is 22.1 Å². The largest absolute Gasteiger partial charge is 0.338 e. The minimum atomic E-state index is -0.119. The number of fused-ring (bicyclic) bond motifs is 3. The summed E-state index contributed by atoms with van der Waals surface area (Å²) in [6.45, 7) is 0. The number of aromatic nitrogens is 3. The molecular formula is C32H21N5O. The summed E-state index contributed by atoms with van der Waals surface area (Å²) in [6.07, 6.45) is 3.37. The van der Waals surface area contributed by atoms with Crippen molar-refractivity contribution in [1.29, 1.82) is 0 Å². The SMILES string of the molecule is O=C1C=Cc2ccccc2C1=NNc1ccc(-c2cc(-c3nc4ccccc4[nH]3)c3ccccc3n2)cc1. The van der Waals surface area contributed by atoms with E-state index in [2.05, 4.69) is 27.6 Å². The molecule has 4 aromatic carbocycles. The lowest BCUT2D eigenvalue weighted by Crippen LogP contribution is -2.19. The van der Waals surface area contributed by atoms with Crippen molar-refractivity contribution in [3.05, 3.63) is 120 Å². The molecule has 0 radical (unpaired) electrons. The molecule has 0 unspecified atom stereocenters. The highest BCUT2D eigenvalue weighted by Crippen LogP contribution is 2.32. The number of aromatic amines is 1. The molecule has 1 aliphatic rings. The quantitative estimate of drug-likeness (QED) is 0.264. The number of ketones is 1. The summed E-state index contributed by atoms with van der Waals surface area (Å²) < 4.78 is 0. The second kappa shape index (κ2) is 8.94. The molecule has 38 heavy (non-hydrogen) atoms. The number of rotatable bonds is 4. The number of nitrogens with zero attached hydrogens (tertiary/aromatic N) is 3. The average Bonchev–Trinajstić information content (AvgIpc) is 3.41. The molecule has 6 heteroatoms. The third kappa shape index (κ3) is 3.85. The molecule has 0 saturated carbocycles. The van der Waals surface area contributed by atoms with E-state index < -0.39 is 0 Å². The van der Waals surface area contributed by atoms with Crippen LogP contribution in [0.1, 0.15) is 11.1 Å². The van der Waals surface area contributed by atoms with Crippen LogP contribution in [0.5, 0.6) is 0 Å². The Balaban J connectivity index is 1.23. The standard InChI is InChI=1S/C32H21N5O/c38-30-18-15-20-7-1-2-8-23(20)31(30)37-36-22-16-13-21(14-17-22)29-19-25(24-9-3-4-10-26(24)33-29)32-34-27-11-5-6-12-28(27)35-32/h1-19,36H,(H,34,35). The summed E-state index contributed by atoms with van der Waals surface area (Å²) in [5.41, 5.74) is 11.7. The molecule has 2 N–H and O–H groups in total. The Hall–Kier alpha value is -5.36. The van der Waals surface area contributed by atoms with Crippen LogP contribution in [0.25, 0.3) is 50.7 Å². The first-order valence-electron chi connectivity index (χ1n) is 12.3. The maximum absolute atomic E-state index is 12.5. The van der Waals surface area contributed by atoms with E-state index in [9.17, 15) is 4.79 Å². The number of anilines is 1. The maximum atomic E-state index is 12.5. The van der Waals surface area contributed by atoms with E-state index in [0.29, 0.717) is 5.71 Å². The fraction of sp³-hybridized carbons (Fsp3) is 0. The van der Waals surface area contributed by atoms with Gasteiger partial charge in [0.15, 0.2) is 0 Å². The Morgan fingerprint density at radius 1 is 0.711 bits per heavy atom. The number of carbonyl (C=O) groups excluding carboxylic acids is 1.